The average molecular weight is 170 g/mol. The summed E-state index contributed by atoms with van der Waals surface area (Å²) < 4.78 is 0. The molecule has 12 heavy (non-hydrogen) atoms. The van der Waals surface area contributed by atoms with Gasteiger partial charge in [0.05, 0.1) is 6.10 Å². The molecule has 0 aliphatic heterocycles. The summed E-state index contributed by atoms with van der Waals surface area (Å²) >= 11 is 0. The van der Waals surface area contributed by atoms with Gasteiger partial charge in [-0.05, 0) is 31.6 Å². The molecule has 0 radical (unpaired) electrons. The Hall–Kier alpha value is -0.300. The van der Waals surface area contributed by atoms with Crippen LogP contribution in [0.2, 0.25) is 0 Å². The van der Waals surface area contributed by atoms with Crippen LogP contribution in [0, 0.1) is 5.92 Å². The maximum atomic E-state index is 9.64. The lowest BCUT2D eigenvalue weighted by Crippen LogP contribution is -2.19. The first-order valence-electron chi connectivity index (χ1n) is 5.05. The molecule has 0 aromatic carbocycles. The maximum absolute atomic E-state index is 9.64. The third-order valence-electron chi connectivity index (χ3n) is 2.36. The van der Waals surface area contributed by atoms with Gasteiger partial charge in [-0.15, -0.1) is 6.58 Å². The fourth-order valence-corrected chi connectivity index (χ4v) is 1.57. The molecule has 0 bridgehead atoms. The van der Waals surface area contributed by atoms with E-state index in [1.807, 2.05) is 13.0 Å². The van der Waals surface area contributed by atoms with Crippen LogP contribution in [0.4, 0.5) is 0 Å². The molecule has 0 aromatic rings. The van der Waals surface area contributed by atoms with Gasteiger partial charge in [0.2, 0.25) is 0 Å². The number of allylic oxidation sites excluding steroid dienone is 1. The van der Waals surface area contributed by atoms with Gasteiger partial charge in [-0.2, -0.15) is 0 Å². The highest BCUT2D eigenvalue weighted by molar-refractivity contribution is 4.73. The predicted octanol–water partition coefficient (Wildman–Crippen LogP) is 3.14. The Morgan fingerprint density at radius 1 is 1.33 bits per heavy atom. The Kier molecular flexibility index (Phi) is 7.17. The van der Waals surface area contributed by atoms with E-state index in [-0.39, 0.29) is 6.10 Å². The van der Waals surface area contributed by atoms with E-state index >= 15 is 0 Å². The van der Waals surface area contributed by atoms with Gasteiger partial charge in [0.1, 0.15) is 0 Å². The molecule has 0 saturated heterocycles. The van der Waals surface area contributed by atoms with E-state index in [2.05, 4.69) is 13.5 Å². The molecule has 0 fully saturated rings. The van der Waals surface area contributed by atoms with Crippen molar-refractivity contribution in [2.75, 3.05) is 0 Å². The third kappa shape index (κ3) is 4.55. The number of hydrogen-bond donors (Lipinski definition) is 1. The monoisotopic (exact) mass is 170 g/mol. The SMILES string of the molecule is C=CCCC(CCC)C(O)CC. The molecule has 0 aliphatic rings. The molecular formula is C11H22O. The van der Waals surface area contributed by atoms with Crippen molar-refractivity contribution in [1.29, 1.82) is 0 Å². The summed E-state index contributed by atoms with van der Waals surface area (Å²) in [6, 6.07) is 0. The Morgan fingerprint density at radius 3 is 2.42 bits per heavy atom. The van der Waals surface area contributed by atoms with E-state index in [1.165, 1.54) is 6.42 Å². The van der Waals surface area contributed by atoms with Gasteiger partial charge < -0.3 is 5.11 Å². The highest BCUT2D eigenvalue weighted by Crippen LogP contribution is 2.19. The van der Waals surface area contributed by atoms with Crippen molar-refractivity contribution in [1.82, 2.24) is 0 Å². The molecule has 0 amide bonds. The van der Waals surface area contributed by atoms with E-state index in [0.717, 1.165) is 25.7 Å². The van der Waals surface area contributed by atoms with Gasteiger partial charge in [0.15, 0.2) is 0 Å². The van der Waals surface area contributed by atoms with E-state index in [9.17, 15) is 5.11 Å². The molecule has 0 heterocycles. The van der Waals surface area contributed by atoms with Crippen LogP contribution in [-0.2, 0) is 0 Å². The second kappa shape index (κ2) is 7.35. The highest BCUT2D eigenvalue weighted by Gasteiger charge is 2.15. The van der Waals surface area contributed by atoms with Crippen LogP contribution in [0.5, 0.6) is 0 Å². The molecule has 0 spiro atoms. The summed E-state index contributed by atoms with van der Waals surface area (Å²) in [6.45, 7) is 7.91. The van der Waals surface area contributed by atoms with E-state index < -0.39 is 0 Å². The lowest BCUT2D eigenvalue weighted by atomic mass is 9.91. The summed E-state index contributed by atoms with van der Waals surface area (Å²) in [7, 11) is 0. The van der Waals surface area contributed by atoms with Gasteiger partial charge in [0, 0.05) is 0 Å². The first kappa shape index (κ1) is 11.7. The predicted molar refractivity (Wildman–Crippen MR) is 54.1 cm³/mol. The zero-order valence-electron chi connectivity index (χ0n) is 8.42. The quantitative estimate of drug-likeness (QED) is 0.582. The Balaban J connectivity index is 3.75. The molecule has 1 heteroatoms. The fraction of sp³-hybridized carbons (Fsp3) is 0.818. The van der Waals surface area contributed by atoms with Crippen LogP contribution in [0.25, 0.3) is 0 Å². The van der Waals surface area contributed by atoms with Gasteiger partial charge >= 0.3 is 0 Å². The molecular weight excluding hydrogens is 148 g/mol. The van der Waals surface area contributed by atoms with Crippen LogP contribution >= 0.6 is 0 Å². The van der Waals surface area contributed by atoms with Gasteiger partial charge in [-0.3, -0.25) is 0 Å². The van der Waals surface area contributed by atoms with E-state index in [0.29, 0.717) is 5.92 Å². The van der Waals surface area contributed by atoms with Gasteiger partial charge in [-0.25, -0.2) is 0 Å². The minimum atomic E-state index is -0.107. The summed E-state index contributed by atoms with van der Waals surface area (Å²) in [5.74, 6) is 0.484. The largest absolute Gasteiger partial charge is 0.393 e. The van der Waals surface area contributed by atoms with Crippen molar-refractivity contribution < 1.29 is 5.11 Å². The molecule has 1 nitrogen and oxygen atoms in total. The van der Waals surface area contributed by atoms with Crippen molar-refractivity contribution in [3.8, 4) is 0 Å². The van der Waals surface area contributed by atoms with Crippen molar-refractivity contribution in [3.05, 3.63) is 12.7 Å². The second-order valence-electron chi connectivity index (χ2n) is 3.39. The maximum Gasteiger partial charge on any atom is 0.0565 e. The second-order valence-corrected chi connectivity index (χ2v) is 3.39. The standard InChI is InChI=1S/C11H22O/c1-4-7-9-10(8-5-2)11(12)6-3/h4,10-12H,1,5-9H2,2-3H3. The molecule has 2 unspecified atom stereocenters. The Labute approximate surface area is 76.5 Å². The molecule has 2 atom stereocenters. The number of aliphatic hydroxyl groups excluding tert-OH is 1. The average Bonchev–Trinajstić information content (AvgIpc) is 2.11. The van der Waals surface area contributed by atoms with Gasteiger partial charge in [0.25, 0.3) is 0 Å². The summed E-state index contributed by atoms with van der Waals surface area (Å²) in [4.78, 5) is 0. The van der Waals surface area contributed by atoms with E-state index in [4.69, 9.17) is 0 Å². The van der Waals surface area contributed by atoms with Crippen LogP contribution in [0.15, 0.2) is 12.7 Å². The zero-order chi connectivity index (χ0) is 9.40. The lowest BCUT2D eigenvalue weighted by Gasteiger charge is -2.20. The first-order valence-corrected chi connectivity index (χ1v) is 5.05. The minimum absolute atomic E-state index is 0.107. The molecule has 0 rings (SSSR count). The van der Waals surface area contributed by atoms with Crippen LogP contribution < -0.4 is 0 Å². The van der Waals surface area contributed by atoms with Crippen LogP contribution in [-0.4, -0.2) is 11.2 Å². The Bertz CT molecular complexity index is 110. The van der Waals surface area contributed by atoms with Crippen LogP contribution in [0.1, 0.15) is 46.0 Å². The third-order valence-corrected chi connectivity index (χ3v) is 2.36. The number of rotatable bonds is 7. The van der Waals surface area contributed by atoms with Crippen molar-refractivity contribution in [2.24, 2.45) is 5.92 Å². The molecule has 0 aliphatic carbocycles. The lowest BCUT2D eigenvalue weighted by molar-refractivity contribution is 0.0936. The van der Waals surface area contributed by atoms with Crippen molar-refractivity contribution in [3.63, 3.8) is 0 Å². The summed E-state index contributed by atoms with van der Waals surface area (Å²) in [6.07, 6.45) is 7.13. The summed E-state index contributed by atoms with van der Waals surface area (Å²) in [5, 5.41) is 9.64. The highest BCUT2D eigenvalue weighted by atomic mass is 16.3. The van der Waals surface area contributed by atoms with Crippen molar-refractivity contribution in [2.45, 2.75) is 52.1 Å². The van der Waals surface area contributed by atoms with Crippen LogP contribution in [0.3, 0.4) is 0 Å². The number of hydrogen-bond acceptors (Lipinski definition) is 1. The zero-order valence-corrected chi connectivity index (χ0v) is 8.42. The summed E-state index contributed by atoms with van der Waals surface area (Å²) in [5.41, 5.74) is 0. The first-order chi connectivity index (χ1) is 5.76. The molecule has 0 aromatic heterocycles. The Morgan fingerprint density at radius 2 is 2.00 bits per heavy atom. The van der Waals surface area contributed by atoms with Crippen molar-refractivity contribution >= 4 is 0 Å². The molecule has 1 N–H and O–H groups in total. The fourth-order valence-electron chi connectivity index (χ4n) is 1.57. The number of aliphatic hydroxyl groups is 1. The molecule has 72 valence electrons. The van der Waals surface area contributed by atoms with Gasteiger partial charge in [-0.1, -0.05) is 26.3 Å². The smallest absolute Gasteiger partial charge is 0.0565 e. The molecule has 0 saturated carbocycles. The van der Waals surface area contributed by atoms with E-state index in [1.54, 1.807) is 0 Å². The normalized spacial score (nSPS) is 15.6. The minimum Gasteiger partial charge on any atom is -0.393 e. The topological polar surface area (TPSA) is 20.2 Å².